The van der Waals surface area contributed by atoms with Gasteiger partial charge in [0, 0.05) is 36.2 Å². The van der Waals surface area contributed by atoms with E-state index in [1.807, 2.05) is 13.1 Å². The number of aromatic nitrogens is 1. The van der Waals surface area contributed by atoms with Crippen LogP contribution in [0.25, 0.3) is 0 Å². The first kappa shape index (κ1) is 13.3. The Hall–Kier alpha value is -0.760. The largest absolute Gasteiger partial charge is 0.371 e. The molecule has 0 N–H and O–H groups in total. The van der Waals surface area contributed by atoms with Crippen LogP contribution in [-0.2, 0) is 5.88 Å². The van der Waals surface area contributed by atoms with E-state index in [-0.39, 0.29) is 0 Å². The molecular formula is C13H21ClN2. The van der Waals surface area contributed by atoms with E-state index in [2.05, 4.69) is 43.8 Å². The topological polar surface area (TPSA) is 16.1 Å². The van der Waals surface area contributed by atoms with Crippen LogP contribution in [0.4, 0.5) is 5.69 Å². The highest BCUT2D eigenvalue weighted by molar-refractivity contribution is 6.17. The van der Waals surface area contributed by atoms with E-state index in [1.165, 1.54) is 5.69 Å². The van der Waals surface area contributed by atoms with E-state index in [0.717, 1.165) is 11.3 Å². The van der Waals surface area contributed by atoms with Gasteiger partial charge >= 0.3 is 0 Å². The summed E-state index contributed by atoms with van der Waals surface area (Å²) >= 11 is 5.95. The van der Waals surface area contributed by atoms with E-state index in [4.69, 9.17) is 11.6 Å². The molecule has 2 nitrogen and oxygen atoms in total. The molecule has 1 atom stereocenters. The molecule has 0 radical (unpaired) electrons. The maximum absolute atomic E-state index is 5.95. The number of nitrogens with zero attached hydrogens (tertiary/aromatic N) is 2. The second-order valence-electron chi connectivity index (χ2n) is 4.68. The van der Waals surface area contributed by atoms with Crippen LogP contribution in [-0.4, -0.2) is 18.1 Å². The SMILES string of the molecule is Cc1cc(N(C)C(C)C(C)C)c(CCl)cn1. The summed E-state index contributed by atoms with van der Waals surface area (Å²) in [6.45, 7) is 8.71. The highest BCUT2D eigenvalue weighted by atomic mass is 35.5. The zero-order valence-electron chi connectivity index (χ0n) is 10.8. The van der Waals surface area contributed by atoms with Crippen molar-refractivity contribution in [2.75, 3.05) is 11.9 Å². The van der Waals surface area contributed by atoms with Gasteiger partial charge in [0.05, 0.1) is 5.88 Å². The van der Waals surface area contributed by atoms with E-state index in [9.17, 15) is 0 Å². The molecule has 0 aromatic carbocycles. The van der Waals surface area contributed by atoms with Crippen molar-refractivity contribution in [3.05, 3.63) is 23.5 Å². The molecule has 0 aliphatic heterocycles. The van der Waals surface area contributed by atoms with Gasteiger partial charge in [0.15, 0.2) is 0 Å². The van der Waals surface area contributed by atoms with E-state index >= 15 is 0 Å². The lowest BCUT2D eigenvalue weighted by Gasteiger charge is -2.31. The molecule has 0 fully saturated rings. The van der Waals surface area contributed by atoms with Gasteiger partial charge < -0.3 is 4.90 Å². The first-order valence-electron chi connectivity index (χ1n) is 5.71. The van der Waals surface area contributed by atoms with Crippen molar-refractivity contribution in [1.82, 2.24) is 4.98 Å². The Kier molecular flexibility index (Phi) is 4.60. The minimum atomic E-state index is 0.490. The molecule has 90 valence electrons. The molecule has 0 saturated carbocycles. The normalized spacial score (nSPS) is 12.9. The quantitative estimate of drug-likeness (QED) is 0.748. The summed E-state index contributed by atoms with van der Waals surface area (Å²) in [5.41, 5.74) is 3.33. The summed E-state index contributed by atoms with van der Waals surface area (Å²) in [7, 11) is 2.12. The summed E-state index contributed by atoms with van der Waals surface area (Å²) in [6.07, 6.45) is 1.88. The Morgan fingerprint density at radius 2 is 2.00 bits per heavy atom. The molecule has 1 aromatic heterocycles. The van der Waals surface area contributed by atoms with Crippen LogP contribution in [0.15, 0.2) is 12.3 Å². The molecule has 3 heteroatoms. The van der Waals surface area contributed by atoms with Gasteiger partial charge in [0.1, 0.15) is 0 Å². The maximum atomic E-state index is 5.95. The first-order valence-corrected chi connectivity index (χ1v) is 6.25. The van der Waals surface area contributed by atoms with Crippen molar-refractivity contribution in [3.63, 3.8) is 0 Å². The smallest absolute Gasteiger partial charge is 0.0509 e. The van der Waals surface area contributed by atoms with Gasteiger partial charge in [-0.05, 0) is 25.8 Å². The van der Waals surface area contributed by atoms with Crippen LogP contribution in [0.3, 0.4) is 0 Å². The number of alkyl halides is 1. The Balaban J connectivity index is 3.05. The number of hydrogen-bond acceptors (Lipinski definition) is 2. The van der Waals surface area contributed by atoms with E-state index in [0.29, 0.717) is 17.8 Å². The average Bonchev–Trinajstić information content (AvgIpc) is 2.26. The van der Waals surface area contributed by atoms with Gasteiger partial charge in [-0.3, -0.25) is 4.98 Å². The van der Waals surface area contributed by atoms with Crippen molar-refractivity contribution in [1.29, 1.82) is 0 Å². The number of rotatable bonds is 4. The maximum Gasteiger partial charge on any atom is 0.0509 e. The summed E-state index contributed by atoms with van der Waals surface area (Å²) in [5.74, 6) is 1.12. The van der Waals surface area contributed by atoms with E-state index < -0.39 is 0 Å². The molecule has 0 saturated heterocycles. The molecule has 0 bridgehead atoms. The molecule has 0 aliphatic rings. The molecule has 0 aliphatic carbocycles. The average molecular weight is 241 g/mol. The van der Waals surface area contributed by atoms with Crippen molar-refractivity contribution in [3.8, 4) is 0 Å². The molecule has 1 rings (SSSR count). The number of pyridine rings is 1. The van der Waals surface area contributed by atoms with Gasteiger partial charge in [-0.25, -0.2) is 0 Å². The van der Waals surface area contributed by atoms with Gasteiger partial charge in [-0.2, -0.15) is 0 Å². The number of aryl methyl sites for hydroxylation is 1. The molecule has 16 heavy (non-hydrogen) atoms. The first-order chi connectivity index (χ1) is 7.47. The minimum absolute atomic E-state index is 0.490. The Bertz CT molecular complexity index is 350. The van der Waals surface area contributed by atoms with Crippen LogP contribution in [0.2, 0.25) is 0 Å². The van der Waals surface area contributed by atoms with Crippen LogP contribution in [0, 0.1) is 12.8 Å². The number of hydrogen-bond donors (Lipinski definition) is 0. The van der Waals surface area contributed by atoms with Crippen LogP contribution < -0.4 is 4.90 Å². The molecule has 0 spiro atoms. The highest BCUT2D eigenvalue weighted by Crippen LogP contribution is 2.25. The van der Waals surface area contributed by atoms with Crippen molar-refractivity contribution in [2.45, 2.75) is 39.6 Å². The van der Waals surface area contributed by atoms with Crippen molar-refractivity contribution in [2.24, 2.45) is 5.92 Å². The third-order valence-electron chi connectivity index (χ3n) is 3.20. The predicted octanol–water partition coefficient (Wildman–Crippen LogP) is 3.61. The molecule has 0 amide bonds. The summed E-state index contributed by atoms with van der Waals surface area (Å²) in [6, 6.07) is 2.60. The fourth-order valence-corrected chi connectivity index (χ4v) is 1.88. The number of anilines is 1. The van der Waals surface area contributed by atoms with Crippen molar-refractivity contribution >= 4 is 17.3 Å². The monoisotopic (exact) mass is 240 g/mol. The lowest BCUT2D eigenvalue weighted by molar-refractivity contribution is 0.505. The Labute approximate surface area is 104 Å². The highest BCUT2D eigenvalue weighted by Gasteiger charge is 2.16. The summed E-state index contributed by atoms with van der Waals surface area (Å²) in [5, 5.41) is 0. The van der Waals surface area contributed by atoms with Crippen LogP contribution in [0.1, 0.15) is 32.0 Å². The van der Waals surface area contributed by atoms with Gasteiger partial charge in [-0.1, -0.05) is 13.8 Å². The fourth-order valence-electron chi connectivity index (χ4n) is 1.67. The van der Waals surface area contributed by atoms with Crippen LogP contribution >= 0.6 is 11.6 Å². The third-order valence-corrected chi connectivity index (χ3v) is 3.49. The van der Waals surface area contributed by atoms with Gasteiger partial charge in [0.2, 0.25) is 0 Å². The van der Waals surface area contributed by atoms with Gasteiger partial charge in [-0.15, -0.1) is 11.6 Å². The molecular weight excluding hydrogens is 220 g/mol. The third kappa shape index (κ3) is 2.88. The second kappa shape index (κ2) is 5.53. The lowest BCUT2D eigenvalue weighted by Crippen LogP contribution is -2.33. The molecule has 1 unspecified atom stereocenters. The lowest BCUT2D eigenvalue weighted by atomic mass is 10.0. The zero-order valence-corrected chi connectivity index (χ0v) is 11.5. The Morgan fingerprint density at radius 1 is 1.38 bits per heavy atom. The van der Waals surface area contributed by atoms with E-state index in [1.54, 1.807) is 0 Å². The summed E-state index contributed by atoms with van der Waals surface area (Å²) in [4.78, 5) is 6.57. The second-order valence-corrected chi connectivity index (χ2v) is 4.95. The fraction of sp³-hybridized carbons (Fsp3) is 0.615. The number of halogens is 1. The van der Waals surface area contributed by atoms with Gasteiger partial charge in [0.25, 0.3) is 0 Å². The molecule has 1 heterocycles. The summed E-state index contributed by atoms with van der Waals surface area (Å²) < 4.78 is 0. The van der Waals surface area contributed by atoms with Crippen molar-refractivity contribution < 1.29 is 0 Å². The standard InChI is InChI=1S/C13H21ClN2/c1-9(2)11(4)16(5)13-6-10(3)15-8-12(13)7-14/h6,8-9,11H,7H2,1-5H3. The minimum Gasteiger partial charge on any atom is -0.371 e. The molecule has 1 aromatic rings. The predicted molar refractivity (Wildman–Crippen MR) is 71.2 cm³/mol. The zero-order chi connectivity index (χ0) is 12.3. The Morgan fingerprint density at radius 3 is 2.50 bits per heavy atom. The van der Waals surface area contributed by atoms with Crippen LogP contribution in [0.5, 0.6) is 0 Å².